The van der Waals surface area contributed by atoms with E-state index in [1.54, 1.807) is 0 Å². The van der Waals surface area contributed by atoms with Gasteiger partial charge in [0.25, 0.3) is 0 Å². The summed E-state index contributed by atoms with van der Waals surface area (Å²) in [6.07, 6.45) is 13.3. The van der Waals surface area contributed by atoms with Crippen LogP contribution in [0.2, 0.25) is 0 Å². The van der Waals surface area contributed by atoms with Crippen LogP contribution in [-0.4, -0.2) is 135 Å². The molecule has 376 valence electrons. The van der Waals surface area contributed by atoms with Crippen LogP contribution in [0.25, 0.3) is 0 Å². The molecule has 0 amide bonds. The fraction of sp³-hybridized carbons (Fsp3) is 0.760. The topological polar surface area (TPSA) is 308 Å². The summed E-state index contributed by atoms with van der Waals surface area (Å²) < 4.78 is 12.2. The number of fused-ring (bicyclic) bond motifs is 2. The SMILES string of the molecule is CCC(C)(C)C(=O)O[C@H]1C[C@@H](C)C=C2C=C[C@H](C)[C@H](CC[C@@H](O)C[C@@H](O)CC(=O)[O-])[C@H]21.CCC(C)(C)C(=O)O[C@H]1C[C@@H](C)C=C2C=C[C@H](C)[C@H](CC[C@@H](O)C[C@@H](O)CC(=O)[O-])[C@H]21.O.O.O.[Ca+2]. The van der Waals surface area contributed by atoms with Crippen LogP contribution in [0.5, 0.6) is 0 Å². The summed E-state index contributed by atoms with van der Waals surface area (Å²) in [4.78, 5) is 46.9. The largest absolute Gasteiger partial charge is 2.00 e. The zero-order valence-corrected chi connectivity index (χ0v) is 43.5. The van der Waals surface area contributed by atoms with Crippen LogP contribution in [0.3, 0.4) is 0 Å². The van der Waals surface area contributed by atoms with E-state index in [9.17, 15) is 49.8 Å². The predicted octanol–water partition coefficient (Wildman–Crippen LogP) is 2.69. The van der Waals surface area contributed by atoms with E-state index in [-0.39, 0.29) is 127 Å². The van der Waals surface area contributed by atoms with Crippen molar-refractivity contribution < 1.29 is 75.7 Å². The molecule has 0 heterocycles. The van der Waals surface area contributed by atoms with Crippen LogP contribution in [0.1, 0.15) is 146 Å². The van der Waals surface area contributed by atoms with Crippen LogP contribution in [0.15, 0.2) is 47.6 Å². The van der Waals surface area contributed by atoms with E-state index in [2.05, 4.69) is 64.2 Å². The van der Waals surface area contributed by atoms with E-state index in [0.29, 0.717) is 50.4 Å². The molecule has 0 bridgehead atoms. The number of aliphatic hydroxyl groups excluding tert-OH is 4. The number of hydrogen-bond donors (Lipinski definition) is 4. The summed E-state index contributed by atoms with van der Waals surface area (Å²) in [6.45, 7) is 20.2. The summed E-state index contributed by atoms with van der Waals surface area (Å²) in [6, 6.07) is 0. The predicted molar refractivity (Wildman–Crippen MR) is 250 cm³/mol. The molecule has 0 saturated carbocycles. The van der Waals surface area contributed by atoms with Crippen LogP contribution >= 0.6 is 0 Å². The maximum Gasteiger partial charge on any atom is 2.00 e. The summed E-state index contributed by atoms with van der Waals surface area (Å²) in [5, 5.41) is 61.5. The van der Waals surface area contributed by atoms with E-state index in [1.165, 1.54) is 11.1 Å². The minimum atomic E-state index is -1.32. The number of ether oxygens (including phenoxy) is 2. The van der Waals surface area contributed by atoms with Crippen molar-refractivity contribution in [1.29, 1.82) is 0 Å². The molecule has 4 rings (SSSR count). The van der Waals surface area contributed by atoms with Gasteiger partial charge in [-0.2, -0.15) is 0 Å². The van der Waals surface area contributed by atoms with Gasteiger partial charge < -0.3 is 66.1 Å². The molecule has 0 aromatic carbocycles. The van der Waals surface area contributed by atoms with E-state index in [0.717, 1.165) is 12.8 Å². The molecule has 15 nitrogen and oxygen atoms in total. The molecule has 0 aliphatic heterocycles. The fourth-order valence-corrected chi connectivity index (χ4v) is 9.51. The van der Waals surface area contributed by atoms with Crippen molar-refractivity contribution in [2.45, 2.75) is 183 Å². The number of aliphatic hydroxyl groups is 4. The quantitative estimate of drug-likeness (QED) is 0.101. The number of esters is 2. The number of aliphatic carboxylic acids is 2. The molecule has 0 unspecified atom stereocenters. The van der Waals surface area contributed by atoms with Gasteiger partial charge in [-0.3, -0.25) is 9.59 Å². The second kappa shape index (κ2) is 29.8. The molecule has 0 fully saturated rings. The molecule has 0 spiro atoms. The Balaban J connectivity index is 0. The Morgan fingerprint density at radius 2 is 0.939 bits per heavy atom. The molecular weight excluding hydrogens is 881 g/mol. The molecule has 0 aromatic rings. The fourth-order valence-electron chi connectivity index (χ4n) is 9.51. The van der Waals surface area contributed by atoms with Gasteiger partial charge in [0.2, 0.25) is 0 Å². The second-order valence-electron chi connectivity index (χ2n) is 20.3. The van der Waals surface area contributed by atoms with E-state index < -0.39 is 60.0 Å². The number of carbonyl (C=O) groups excluding carboxylic acids is 4. The number of rotatable bonds is 20. The van der Waals surface area contributed by atoms with Gasteiger partial charge >= 0.3 is 49.7 Å². The monoisotopic (exact) mass is 965 g/mol. The molecule has 4 aliphatic carbocycles. The maximum absolute atomic E-state index is 12.8. The van der Waals surface area contributed by atoms with Crippen molar-refractivity contribution >= 4 is 61.6 Å². The summed E-state index contributed by atoms with van der Waals surface area (Å²) >= 11 is 0. The molecule has 10 N–H and O–H groups in total. The van der Waals surface area contributed by atoms with Gasteiger partial charge in [0.05, 0.1) is 35.2 Å². The number of allylic oxidation sites excluding steroid dienone is 6. The number of carboxylic acids is 2. The van der Waals surface area contributed by atoms with Crippen molar-refractivity contribution in [3.63, 3.8) is 0 Å². The molecule has 4 aliphatic rings. The Morgan fingerprint density at radius 1 is 0.621 bits per heavy atom. The minimum absolute atomic E-state index is 0. The van der Waals surface area contributed by atoms with Gasteiger partial charge in [-0.25, -0.2) is 0 Å². The Hall–Kier alpha value is -2.18. The van der Waals surface area contributed by atoms with Gasteiger partial charge in [0.15, 0.2) is 0 Å². The van der Waals surface area contributed by atoms with Crippen molar-refractivity contribution in [2.24, 2.45) is 58.2 Å². The Bertz CT molecular complexity index is 1520. The Kier molecular flexibility index (Phi) is 29.7. The van der Waals surface area contributed by atoms with Crippen LogP contribution < -0.4 is 10.2 Å². The van der Waals surface area contributed by atoms with Gasteiger partial charge in [0, 0.05) is 36.6 Å². The van der Waals surface area contributed by atoms with E-state index in [1.807, 2.05) is 41.5 Å². The Labute approximate surface area is 423 Å². The number of carbonyl (C=O) groups is 4. The second-order valence-corrected chi connectivity index (χ2v) is 20.3. The van der Waals surface area contributed by atoms with Crippen molar-refractivity contribution in [3.05, 3.63) is 47.6 Å². The first-order chi connectivity index (χ1) is 28.9. The van der Waals surface area contributed by atoms with Crippen LogP contribution in [0.4, 0.5) is 0 Å². The maximum atomic E-state index is 12.8. The molecule has 16 heteroatoms. The molecular formula is C50H84CaO15. The van der Waals surface area contributed by atoms with Crippen LogP contribution in [-0.2, 0) is 28.7 Å². The van der Waals surface area contributed by atoms with Gasteiger partial charge in [-0.15, -0.1) is 0 Å². The summed E-state index contributed by atoms with van der Waals surface area (Å²) in [5.41, 5.74) is 1.34. The Morgan fingerprint density at radius 3 is 1.23 bits per heavy atom. The van der Waals surface area contributed by atoms with Crippen molar-refractivity contribution in [2.75, 3.05) is 0 Å². The smallest absolute Gasteiger partial charge is 0.550 e. The molecule has 0 aromatic heterocycles. The van der Waals surface area contributed by atoms with Crippen molar-refractivity contribution in [3.8, 4) is 0 Å². The van der Waals surface area contributed by atoms with Gasteiger partial charge in [-0.05, 0) is 139 Å². The zero-order chi connectivity index (χ0) is 46.7. The first-order valence-corrected chi connectivity index (χ1v) is 23.2. The van der Waals surface area contributed by atoms with Crippen molar-refractivity contribution in [1.82, 2.24) is 0 Å². The average molecular weight is 965 g/mol. The minimum Gasteiger partial charge on any atom is -0.550 e. The molecule has 0 radical (unpaired) electrons. The zero-order valence-electron chi connectivity index (χ0n) is 41.3. The standard InChI is InChI=1S/2C25H40O6.Ca.3H2O/c2*1-6-25(4,5)24(30)31-21-12-15(2)11-17-8-7-16(3)20(23(17)21)10-9-18(26)13-19(27)14-22(28)29;;;;/h2*7-8,11,15-16,18-21,23,26-27H,6,9-10,12-14H2,1-5H3,(H,28,29);;3*1H2/q;;+2;;;/p-2/t2*15-,16-,18+,19+,20-,21-,23-;;;;/m00..../s1. The molecule has 66 heavy (non-hydrogen) atoms. The van der Waals surface area contributed by atoms with E-state index >= 15 is 0 Å². The number of hydrogen-bond acceptors (Lipinski definition) is 12. The van der Waals surface area contributed by atoms with E-state index in [4.69, 9.17) is 9.47 Å². The third kappa shape index (κ3) is 19.7. The average Bonchev–Trinajstić information content (AvgIpc) is 3.16. The first kappa shape index (κ1) is 65.9. The summed E-state index contributed by atoms with van der Waals surface area (Å²) in [7, 11) is 0. The third-order valence-corrected chi connectivity index (χ3v) is 14.1. The third-order valence-electron chi connectivity index (χ3n) is 14.1. The first-order valence-electron chi connectivity index (χ1n) is 23.2. The number of carboxylic acid groups (broad SMARTS) is 2. The molecule has 14 atom stereocenters. The van der Waals surface area contributed by atoms with Crippen LogP contribution in [0, 0.1) is 58.2 Å². The normalized spacial score (nSPS) is 28.3. The molecule has 0 saturated heterocycles. The summed E-state index contributed by atoms with van der Waals surface area (Å²) in [5.74, 6) is -1.28. The van der Waals surface area contributed by atoms with Gasteiger partial charge in [-0.1, -0.05) is 78.0 Å². The van der Waals surface area contributed by atoms with Gasteiger partial charge in [0.1, 0.15) is 12.2 Å².